The maximum Gasteiger partial charge on any atom is 0.320 e. The molecule has 0 aromatic carbocycles. The van der Waals surface area contributed by atoms with Crippen LogP contribution in [-0.2, 0) is 17.9 Å². The molecular formula is C20H28N6O2Si. The lowest BCUT2D eigenvalue weighted by molar-refractivity contribution is 0.0899. The SMILES string of the molecule is C[Si](C)(C)CCOCn1ccc2nc(NC(=O)NCCc3ccccn3)cnc21. The minimum absolute atomic E-state index is 0.316. The number of hydrogen-bond donors (Lipinski definition) is 2. The number of anilines is 1. The number of amides is 2. The van der Waals surface area contributed by atoms with Crippen LogP contribution in [0.1, 0.15) is 5.69 Å². The number of hydrogen-bond acceptors (Lipinski definition) is 5. The zero-order chi connectivity index (χ0) is 20.7. The number of carbonyl (C=O) groups excluding carboxylic acids is 1. The van der Waals surface area contributed by atoms with E-state index in [1.807, 2.05) is 35.0 Å². The average Bonchev–Trinajstić information content (AvgIpc) is 3.07. The Kier molecular flexibility index (Phi) is 6.94. The second-order valence-corrected chi connectivity index (χ2v) is 13.7. The van der Waals surface area contributed by atoms with Gasteiger partial charge in [-0.25, -0.2) is 14.8 Å². The van der Waals surface area contributed by atoms with E-state index >= 15 is 0 Å². The Morgan fingerprint density at radius 2 is 2.07 bits per heavy atom. The van der Waals surface area contributed by atoms with Crippen LogP contribution in [0.2, 0.25) is 25.7 Å². The molecule has 0 aliphatic rings. The Balaban J connectivity index is 1.49. The molecule has 0 unspecified atom stereocenters. The molecule has 154 valence electrons. The largest absolute Gasteiger partial charge is 0.361 e. The molecule has 2 N–H and O–H groups in total. The summed E-state index contributed by atoms with van der Waals surface area (Å²) in [5.74, 6) is 0.408. The van der Waals surface area contributed by atoms with Crippen molar-refractivity contribution in [3.63, 3.8) is 0 Å². The number of rotatable bonds is 9. The van der Waals surface area contributed by atoms with Gasteiger partial charge in [0.05, 0.1) is 6.20 Å². The van der Waals surface area contributed by atoms with Gasteiger partial charge in [0, 0.05) is 45.7 Å². The molecular weight excluding hydrogens is 384 g/mol. The number of aromatic nitrogens is 4. The minimum Gasteiger partial charge on any atom is -0.361 e. The molecule has 0 aliphatic carbocycles. The van der Waals surface area contributed by atoms with Gasteiger partial charge in [0.1, 0.15) is 12.2 Å². The van der Waals surface area contributed by atoms with Gasteiger partial charge >= 0.3 is 6.03 Å². The highest BCUT2D eigenvalue weighted by atomic mass is 28.3. The van der Waals surface area contributed by atoms with Gasteiger partial charge in [-0.1, -0.05) is 25.7 Å². The van der Waals surface area contributed by atoms with Crippen LogP contribution in [-0.4, -0.2) is 46.8 Å². The molecule has 0 bridgehead atoms. The third-order valence-corrected chi connectivity index (χ3v) is 6.03. The van der Waals surface area contributed by atoms with Gasteiger partial charge in [0.25, 0.3) is 0 Å². The highest BCUT2D eigenvalue weighted by molar-refractivity contribution is 6.76. The van der Waals surface area contributed by atoms with Crippen LogP contribution in [0.3, 0.4) is 0 Å². The molecule has 8 nitrogen and oxygen atoms in total. The van der Waals surface area contributed by atoms with E-state index in [-0.39, 0.29) is 6.03 Å². The highest BCUT2D eigenvalue weighted by Gasteiger charge is 2.12. The van der Waals surface area contributed by atoms with Gasteiger partial charge in [-0.3, -0.25) is 10.3 Å². The second kappa shape index (κ2) is 9.62. The standard InChI is InChI=1S/C20H28N6O2Si/c1-29(2,3)13-12-28-15-26-11-8-17-19(26)23-14-18(24-17)25-20(27)22-10-7-16-6-4-5-9-21-16/h4-6,8-9,11,14H,7,10,12-13,15H2,1-3H3,(H2,22,24,25,27). The molecule has 0 aliphatic heterocycles. The molecule has 0 spiro atoms. The van der Waals surface area contributed by atoms with Crippen molar-refractivity contribution in [3.05, 3.63) is 48.5 Å². The predicted molar refractivity (Wildman–Crippen MR) is 117 cm³/mol. The summed E-state index contributed by atoms with van der Waals surface area (Å²) in [4.78, 5) is 25.2. The van der Waals surface area contributed by atoms with Crippen LogP contribution in [0.15, 0.2) is 42.9 Å². The van der Waals surface area contributed by atoms with Crippen molar-refractivity contribution in [2.24, 2.45) is 0 Å². The van der Waals surface area contributed by atoms with Crippen molar-refractivity contribution in [2.45, 2.75) is 38.8 Å². The lowest BCUT2D eigenvalue weighted by Crippen LogP contribution is -2.30. The minimum atomic E-state index is -1.10. The van der Waals surface area contributed by atoms with Crippen molar-refractivity contribution in [1.29, 1.82) is 0 Å². The number of fused-ring (bicyclic) bond motifs is 1. The molecule has 2 amide bonds. The Hall–Kier alpha value is -2.78. The first-order valence-corrected chi connectivity index (χ1v) is 13.5. The molecule has 3 aromatic heterocycles. The first-order valence-electron chi connectivity index (χ1n) is 9.75. The number of nitrogens with one attached hydrogen (secondary N) is 2. The van der Waals surface area contributed by atoms with E-state index in [0.717, 1.165) is 24.0 Å². The predicted octanol–water partition coefficient (Wildman–Crippen LogP) is 3.50. The van der Waals surface area contributed by atoms with Crippen molar-refractivity contribution in [1.82, 2.24) is 24.8 Å². The summed E-state index contributed by atoms with van der Waals surface area (Å²) < 4.78 is 7.70. The first kappa shape index (κ1) is 20.9. The molecule has 0 radical (unpaired) electrons. The van der Waals surface area contributed by atoms with Gasteiger partial charge in [0.2, 0.25) is 0 Å². The molecule has 9 heteroatoms. The van der Waals surface area contributed by atoms with E-state index in [2.05, 4.69) is 45.2 Å². The molecule has 3 rings (SSSR count). The van der Waals surface area contributed by atoms with E-state index in [9.17, 15) is 4.79 Å². The summed E-state index contributed by atoms with van der Waals surface area (Å²) in [5.41, 5.74) is 2.38. The van der Waals surface area contributed by atoms with Crippen LogP contribution in [0.25, 0.3) is 11.2 Å². The van der Waals surface area contributed by atoms with Gasteiger partial charge in [-0.2, -0.15) is 0 Å². The summed E-state index contributed by atoms with van der Waals surface area (Å²) in [7, 11) is -1.10. The molecule has 3 aromatic rings. The van der Waals surface area contributed by atoms with E-state index < -0.39 is 8.07 Å². The monoisotopic (exact) mass is 412 g/mol. The van der Waals surface area contributed by atoms with Crippen LogP contribution in [0.5, 0.6) is 0 Å². The summed E-state index contributed by atoms with van der Waals surface area (Å²) in [6, 6.07) is 8.40. The quantitative estimate of drug-likeness (QED) is 0.414. The fourth-order valence-corrected chi connectivity index (χ4v) is 3.43. The average molecular weight is 413 g/mol. The fraction of sp³-hybridized carbons (Fsp3) is 0.400. The van der Waals surface area contributed by atoms with Gasteiger partial charge in [-0.15, -0.1) is 0 Å². The van der Waals surface area contributed by atoms with Crippen LogP contribution < -0.4 is 10.6 Å². The maximum absolute atomic E-state index is 12.1. The second-order valence-electron chi connectivity index (χ2n) is 8.05. The molecule has 0 fully saturated rings. The fourth-order valence-electron chi connectivity index (χ4n) is 2.68. The lowest BCUT2D eigenvalue weighted by atomic mass is 10.3. The maximum atomic E-state index is 12.1. The number of urea groups is 1. The van der Waals surface area contributed by atoms with Crippen molar-refractivity contribution in [3.8, 4) is 0 Å². The summed E-state index contributed by atoms with van der Waals surface area (Å²) >= 11 is 0. The van der Waals surface area contributed by atoms with Crippen molar-refractivity contribution >= 4 is 31.1 Å². The normalized spacial score (nSPS) is 11.6. The number of pyridine rings is 1. The summed E-state index contributed by atoms with van der Waals surface area (Å²) in [6.07, 6.45) is 5.86. The van der Waals surface area contributed by atoms with Crippen molar-refractivity contribution in [2.75, 3.05) is 18.5 Å². The smallest absolute Gasteiger partial charge is 0.320 e. The Morgan fingerprint density at radius 1 is 1.21 bits per heavy atom. The molecule has 0 saturated heterocycles. The zero-order valence-electron chi connectivity index (χ0n) is 17.2. The lowest BCUT2D eigenvalue weighted by Gasteiger charge is -2.15. The van der Waals surface area contributed by atoms with E-state index in [1.165, 1.54) is 0 Å². The van der Waals surface area contributed by atoms with E-state index in [1.54, 1.807) is 12.4 Å². The molecule has 29 heavy (non-hydrogen) atoms. The Labute approximate surface area is 171 Å². The highest BCUT2D eigenvalue weighted by Crippen LogP contribution is 2.14. The number of nitrogens with zero attached hydrogens (tertiary/aromatic N) is 4. The zero-order valence-corrected chi connectivity index (χ0v) is 18.2. The van der Waals surface area contributed by atoms with Gasteiger partial charge < -0.3 is 14.6 Å². The topological polar surface area (TPSA) is 94.0 Å². The van der Waals surface area contributed by atoms with Crippen LogP contribution in [0, 0.1) is 0 Å². The van der Waals surface area contributed by atoms with Crippen LogP contribution in [0.4, 0.5) is 10.6 Å². The van der Waals surface area contributed by atoms with E-state index in [0.29, 0.717) is 31.0 Å². The molecule has 0 saturated carbocycles. The summed E-state index contributed by atoms with van der Waals surface area (Å²) in [5, 5.41) is 5.52. The Bertz CT molecular complexity index is 939. The summed E-state index contributed by atoms with van der Waals surface area (Å²) in [6.45, 7) is 8.68. The first-order chi connectivity index (χ1) is 13.9. The number of carbonyl (C=O) groups is 1. The Morgan fingerprint density at radius 3 is 2.83 bits per heavy atom. The number of ether oxygens (including phenoxy) is 1. The third-order valence-electron chi connectivity index (χ3n) is 4.32. The molecule has 3 heterocycles. The van der Waals surface area contributed by atoms with E-state index in [4.69, 9.17) is 4.74 Å². The third kappa shape index (κ3) is 6.65. The van der Waals surface area contributed by atoms with Crippen molar-refractivity contribution < 1.29 is 9.53 Å². The van der Waals surface area contributed by atoms with Gasteiger partial charge in [-0.05, 0) is 24.2 Å². The van der Waals surface area contributed by atoms with Crippen LogP contribution >= 0.6 is 0 Å². The van der Waals surface area contributed by atoms with Gasteiger partial charge in [0.15, 0.2) is 11.5 Å². The molecule has 0 atom stereocenters.